The number of hydrogen-bond acceptors (Lipinski definition) is 10. The smallest absolute Gasteiger partial charge is 0.280 e. The van der Waals surface area contributed by atoms with Crippen LogP contribution in [0.3, 0.4) is 0 Å². The number of nitrogens with zero attached hydrogens (tertiary/aromatic N) is 3. The van der Waals surface area contributed by atoms with Crippen LogP contribution in [0.5, 0.6) is 0 Å². The van der Waals surface area contributed by atoms with Gasteiger partial charge in [-0.25, -0.2) is 4.98 Å². The number of anilines is 1. The normalized spacial score (nSPS) is 21.5. The van der Waals surface area contributed by atoms with Crippen molar-refractivity contribution >= 4 is 25.6 Å². The summed E-state index contributed by atoms with van der Waals surface area (Å²) in [6, 6.07) is 29.4. The largest absolute Gasteiger partial charge is 0.373 e. The van der Waals surface area contributed by atoms with E-state index in [-0.39, 0.29) is 30.1 Å². The second-order valence-electron chi connectivity index (χ2n) is 10.1. The van der Waals surface area contributed by atoms with E-state index in [1.54, 1.807) is 4.57 Å². The highest BCUT2D eigenvalue weighted by atomic mass is 31.2. The van der Waals surface area contributed by atoms with Gasteiger partial charge in [-0.05, 0) is 16.7 Å². The second kappa shape index (κ2) is 11.3. The standard InChI is InChI=1S/C29H30N7O5P/c30-27-33-25-24(26(37)34-27)32-18-36(25)23-16-28(38,22(41-23)17-40-42(31)39)35-29(19-10-4-1-5-11-19,20-12-6-2-7-13-20)21-14-8-3-9-15-21/h1-15,18,22-23,35,38-39H,16-17,31H2,(H3,30,33,34,37)/t22-,23-,28+,42?/m1/s1. The average Bonchev–Trinajstić information content (AvgIpc) is 3.57. The molecular formula is C29H30N7O5P. The Kier molecular flexibility index (Phi) is 7.60. The van der Waals surface area contributed by atoms with Crippen molar-refractivity contribution in [3.8, 4) is 0 Å². The lowest BCUT2D eigenvalue weighted by Gasteiger charge is -2.44. The van der Waals surface area contributed by atoms with Crippen molar-refractivity contribution in [3.63, 3.8) is 0 Å². The van der Waals surface area contributed by atoms with Gasteiger partial charge in [0.05, 0.1) is 18.5 Å². The zero-order valence-corrected chi connectivity index (χ0v) is 23.3. The Bertz CT molecular complexity index is 1620. The van der Waals surface area contributed by atoms with Gasteiger partial charge in [0.25, 0.3) is 5.56 Å². The minimum Gasteiger partial charge on any atom is -0.373 e. The van der Waals surface area contributed by atoms with Crippen LogP contribution in [-0.4, -0.2) is 48.0 Å². The van der Waals surface area contributed by atoms with Gasteiger partial charge in [0, 0.05) is 6.42 Å². The molecular weight excluding hydrogens is 557 g/mol. The molecule has 5 aromatic rings. The molecule has 0 spiro atoms. The first kappa shape index (κ1) is 28.1. The molecule has 8 N–H and O–H groups in total. The maximum Gasteiger partial charge on any atom is 0.280 e. The number of aromatic amines is 1. The van der Waals surface area contributed by atoms with E-state index in [0.29, 0.717) is 0 Å². The van der Waals surface area contributed by atoms with Gasteiger partial charge in [-0.3, -0.25) is 25.2 Å². The fourth-order valence-corrected chi connectivity index (χ4v) is 5.91. The number of aromatic nitrogens is 4. The molecule has 1 saturated heterocycles. The van der Waals surface area contributed by atoms with Crippen molar-refractivity contribution in [2.45, 2.75) is 30.0 Å². The van der Waals surface area contributed by atoms with Crippen LogP contribution in [0.4, 0.5) is 5.95 Å². The third kappa shape index (κ3) is 5.10. The molecule has 3 heterocycles. The summed E-state index contributed by atoms with van der Waals surface area (Å²) in [5.74, 6) is -0.0779. The van der Waals surface area contributed by atoms with Crippen molar-refractivity contribution in [1.29, 1.82) is 0 Å². The molecule has 4 atom stereocenters. The number of rotatable bonds is 9. The van der Waals surface area contributed by atoms with Crippen LogP contribution in [-0.2, 0) is 14.8 Å². The number of ether oxygens (including phenoxy) is 1. The molecule has 3 aromatic carbocycles. The fourth-order valence-electron chi connectivity index (χ4n) is 5.62. The van der Waals surface area contributed by atoms with E-state index in [9.17, 15) is 14.8 Å². The van der Waals surface area contributed by atoms with E-state index in [4.69, 9.17) is 20.5 Å². The summed E-state index contributed by atoms with van der Waals surface area (Å²) < 4.78 is 13.3. The van der Waals surface area contributed by atoms with E-state index in [2.05, 4.69) is 20.3 Å². The van der Waals surface area contributed by atoms with Gasteiger partial charge in [-0.15, -0.1) is 0 Å². The van der Waals surface area contributed by atoms with Gasteiger partial charge in [-0.1, -0.05) is 91.0 Å². The molecule has 0 aliphatic carbocycles. The summed E-state index contributed by atoms with van der Waals surface area (Å²) in [4.78, 5) is 33.1. The van der Waals surface area contributed by atoms with Crippen molar-refractivity contribution in [1.82, 2.24) is 24.8 Å². The molecule has 216 valence electrons. The molecule has 42 heavy (non-hydrogen) atoms. The predicted octanol–water partition coefficient (Wildman–Crippen LogP) is 2.45. The van der Waals surface area contributed by atoms with Crippen LogP contribution in [0.15, 0.2) is 102 Å². The fraction of sp³-hybridized carbons (Fsp3) is 0.207. The first-order valence-electron chi connectivity index (χ1n) is 13.2. The quantitative estimate of drug-likeness (QED) is 0.0850. The number of benzene rings is 3. The molecule has 1 aliphatic rings. The Hall–Kier alpha value is -4.00. The number of nitrogens with two attached hydrogens (primary N) is 2. The van der Waals surface area contributed by atoms with Gasteiger partial charge in [0.2, 0.25) is 14.5 Å². The topological polar surface area (TPSA) is 187 Å². The van der Waals surface area contributed by atoms with Crippen LogP contribution in [0.1, 0.15) is 29.3 Å². The molecule has 2 aromatic heterocycles. The average molecular weight is 588 g/mol. The number of imidazole rings is 1. The second-order valence-corrected chi connectivity index (χ2v) is 10.9. The minimum atomic E-state index is -2.23. The van der Waals surface area contributed by atoms with E-state index in [1.807, 2.05) is 91.0 Å². The summed E-state index contributed by atoms with van der Waals surface area (Å²) in [7, 11) is -2.23. The Morgan fingerprint density at radius 2 is 1.60 bits per heavy atom. The number of fused-ring (bicyclic) bond motifs is 1. The highest BCUT2D eigenvalue weighted by Gasteiger charge is 2.54. The Labute approximate surface area is 241 Å². The van der Waals surface area contributed by atoms with E-state index in [1.165, 1.54) is 6.33 Å². The predicted molar refractivity (Wildman–Crippen MR) is 158 cm³/mol. The van der Waals surface area contributed by atoms with Crippen molar-refractivity contribution < 1.29 is 19.3 Å². The SMILES string of the molecule is Nc1nc2c(ncn2[C@H]2C[C@@](O)(NC(c3ccccc3)(c3ccccc3)c3ccccc3)[C@@H](COP(N)O)O2)c(=O)[nH]1. The molecule has 6 rings (SSSR count). The van der Waals surface area contributed by atoms with Crippen molar-refractivity contribution in [2.24, 2.45) is 5.50 Å². The zero-order chi connectivity index (χ0) is 29.3. The van der Waals surface area contributed by atoms with Crippen LogP contribution in [0, 0.1) is 0 Å². The highest BCUT2D eigenvalue weighted by Crippen LogP contribution is 2.44. The zero-order valence-electron chi connectivity index (χ0n) is 22.4. The summed E-state index contributed by atoms with van der Waals surface area (Å²) in [5.41, 5.74) is 11.0. The molecule has 0 bridgehead atoms. The van der Waals surface area contributed by atoms with E-state index in [0.717, 1.165) is 16.7 Å². The maximum atomic E-state index is 12.6. The lowest BCUT2D eigenvalue weighted by atomic mass is 9.75. The molecule has 1 fully saturated rings. The Balaban J connectivity index is 1.50. The van der Waals surface area contributed by atoms with Crippen LogP contribution >= 0.6 is 8.53 Å². The molecule has 0 radical (unpaired) electrons. The number of nitrogen functional groups attached to an aromatic ring is 1. The van der Waals surface area contributed by atoms with Gasteiger partial charge >= 0.3 is 0 Å². The maximum absolute atomic E-state index is 12.6. The molecule has 1 aliphatic heterocycles. The summed E-state index contributed by atoms with van der Waals surface area (Å²) >= 11 is 0. The van der Waals surface area contributed by atoms with E-state index < -0.39 is 37.7 Å². The van der Waals surface area contributed by atoms with Crippen molar-refractivity contribution in [3.05, 3.63) is 124 Å². The highest BCUT2D eigenvalue weighted by molar-refractivity contribution is 7.43. The molecule has 13 heteroatoms. The first-order valence-corrected chi connectivity index (χ1v) is 14.5. The first-order chi connectivity index (χ1) is 20.3. The summed E-state index contributed by atoms with van der Waals surface area (Å²) in [5, 5.41) is 16.1. The molecule has 0 saturated carbocycles. The van der Waals surface area contributed by atoms with Crippen LogP contribution in [0.25, 0.3) is 11.2 Å². The molecule has 1 unspecified atom stereocenters. The lowest BCUT2D eigenvalue weighted by Crippen LogP contribution is -2.62. The third-order valence-corrected chi connectivity index (χ3v) is 7.90. The van der Waals surface area contributed by atoms with Crippen LogP contribution < -0.4 is 22.1 Å². The van der Waals surface area contributed by atoms with Crippen molar-refractivity contribution in [2.75, 3.05) is 12.3 Å². The summed E-state index contributed by atoms with van der Waals surface area (Å²) in [6.45, 7) is -0.226. The Morgan fingerprint density at radius 3 is 2.12 bits per heavy atom. The Morgan fingerprint density at radius 1 is 1.05 bits per heavy atom. The number of nitrogens with one attached hydrogen (secondary N) is 2. The van der Waals surface area contributed by atoms with E-state index >= 15 is 0 Å². The molecule has 12 nitrogen and oxygen atoms in total. The van der Waals surface area contributed by atoms with Gasteiger partial charge in [0.15, 0.2) is 11.2 Å². The summed E-state index contributed by atoms with van der Waals surface area (Å²) in [6.07, 6.45) is -0.447. The minimum absolute atomic E-state index is 0.0109. The molecule has 0 amide bonds. The number of aliphatic hydroxyl groups is 1. The third-order valence-electron chi connectivity index (χ3n) is 7.48. The van der Waals surface area contributed by atoms with Crippen LogP contribution in [0.2, 0.25) is 0 Å². The number of hydrogen-bond donors (Lipinski definition) is 6. The lowest BCUT2D eigenvalue weighted by molar-refractivity contribution is -0.0996. The van der Waals surface area contributed by atoms with Gasteiger partial charge in [0.1, 0.15) is 18.1 Å². The van der Waals surface area contributed by atoms with Gasteiger partial charge in [-0.2, -0.15) is 4.98 Å². The van der Waals surface area contributed by atoms with Gasteiger partial charge < -0.3 is 25.0 Å². The monoisotopic (exact) mass is 587 g/mol. The number of H-pyrrole nitrogens is 1.